The van der Waals surface area contributed by atoms with Crippen LogP contribution in [-0.4, -0.2) is 27.1 Å². The minimum atomic E-state index is -0.930. The van der Waals surface area contributed by atoms with Crippen LogP contribution < -0.4 is 0 Å². The lowest BCUT2D eigenvalue weighted by atomic mass is 9.73. The second-order valence-corrected chi connectivity index (χ2v) is 6.28. The van der Waals surface area contributed by atoms with E-state index in [1.54, 1.807) is 18.2 Å². The first-order chi connectivity index (χ1) is 9.74. The SMILES string of the molecule is CC1C(O)N(Cc2ccccc2[N+](=O)[O-])C(=O)CC1(C)C. The number of hydrogen-bond acceptors (Lipinski definition) is 4. The third-order valence-electron chi connectivity index (χ3n) is 4.46. The minimum Gasteiger partial charge on any atom is -0.373 e. The fourth-order valence-corrected chi connectivity index (χ4v) is 2.66. The second kappa shape index (κ2) is 5.44. The summed E-state index contributed by atoms with van der Waals surface area (Å²) in [5.41, 5.74) is 0.118. The van der Waals surface area contributed by atoms with Gasteiger partial charge in [-0.25, -0.2) is 0 Å². The number of carbonyl (C=O) groups excluding carboxylic acids is 1. The van der Waals surface area contributed by atoms with Gasteiger partial charge in [0.1, 0.15) is 6.23 Å². The van der Waals surface area contributed by atoms with Crippen LogP contribution in [0, 0.1) is 21.4 Å². The van der Waals surface area contributed by atoms with E-state index < -0.39 is 11.2 Å². The number of aliphatic hydroxyl groups excluding tert-OH is 1. The van der Waals surface area contributed by atoms with Gasteiger partial charge in [-0.15, -0.1) is 0 Å². The predicted octanol–water partition coefficient (Wildman–Crippen LogP) is 2.31. The molecule has 0 radical (unpaired) electrons. The van der Waals surface area contributed by atoms with Crippen molar-refractivity contribution < 1.29 is 14.8 Å². The molecule has 1 fully saturated rings. The number of nitrogens with zero attached hydrogens (tertiary/aromatic N) is 2. The number of rotatable bonds is 3. The van der Waals surface area contributed by atoms with Gasteiger partial charge < -0.3 is 10.0 Å². The monoisotopic (exact) mass is 292 g/mol. The first-order valence-electron chi connectivity index (χ1n) is 6.94. The molecule has 0 spiro atoms. The highest BCUT2D eigenvalue weighted by Crippen LogP contribution is 2.39. The summed E-state index contributed by atoms with van der Waals surface area (Å²) in [6.45, 7) is 5.84. The Kier molecular flexibility index (Phi) is 4.00. The van der Waals surface area contributed by atoms with E-state index in [1.165, 1.54) is 11.0 Å². The number of amides is 1. The molecular formula is C15H20N2O4. The first kappa shape index (κ1) is 15.4. The molecule has 1 amide bonds. The third-order valence-corrected chi connectivity index (χ3v) is 4.46. The zero-order valence-electron chi connectivity index (χ0n) is 12.4. The molecule has 1 aromatic carbocycles. The van der Waals surface area contributed by atoms with Gasteiger partial charge in [-0.3, -0.25) is 14.9 Å². The maximum atomic E-state index is 12.2. The van der Waals surface area contributed by atoms with Gasteiger partial charge >= 0.3 is 0 Å². The summed E-state index contributed by atoms with van der Waals surface area (Å²) in [5.74, 6) is -0.276. The van der Waals surface area contributed by atoms with Crippen molar-refractivity contribution in [3.63, 3.8) is 0 Å². The summed E-state index contributed by atoms with van der Waals surface area (Å²) in [6.07, 6.45) is -0.604. The van der Waals surface area contributed by atoms with Crippen molar-refractivity contribution in [2.75, 3.05) is 0 Å². The molecule has 1 aliphatic rings. The number of nitro benzene ring substituents is 1. The molecule has 2 unspecified atom stereocenters. The molecule has 114 valence electrons. The largest absolute Gasteiger partial charge is 0.373 e. The lowest BCUT2D eigenvalue weighted by molar-refractivity contribution is -0.385. The Hall–Kier alpha value is -1.95. The molecule has 2 atom stereocenters. The summed E-state index contributed by atoms with van der Waals surface area (Å²) in [6, 6.07) is 6.30. The van der Waals surface area contributed by atoms with Crippen LogP contribution in [0.4, 0.5) is 5.69 Å². The van der Waals surface area contributed by atoms with Gasteiger partial charge in [-0.1, -0.05) is 39.0 Å². The van der Waals surface area contributed by atoms with E-state index in [4.69, 9.17) is 0 Å². The van der Waals surface area contributed by atoms with Crippen molar-refractivity contribution >= 4 is 11.6 Å². The van der Waals surface area contributed by atoms with Gasteiger partial charge in [0.05, 0.1) is 11.5 Å². The predicted molar refractivity (Wildman–Crippen MR) is 77.2 cm³/mol. The molecule has 1 aromatic rings. The zero-order valence-corrected chi connectivity index (χ0v) is 12.4. The van der Waals surface area contributed by atoms with Crippen LogP contribution in [-0.2, 0) is 11.3 Å². The highest BCUT2D eigenvalue weighted by molar-refractivity contribution is 5.78. The number of piperidine rings is 1. The fraction of sp³-hybridized carbons (Fsp3) is 0.533. The van der Waals surface area contributed by atoms with Gasteiger partial charge in [0.15, 0.2) is 0 Å². The van der Waals surface area contributed by atoms with Gasteiger partial charge in [0.25, 0.3) is 5.69 Å². The maximum absolute atomic E-state index is 12.2. The Morgan fingerprint density at radius 3 is 2.67 bits per heavy atom. The van der Waals surface area contributed by atoms with Gasteiger partial charge in [0.2, 0.25) is 5.91 Å². The van der Waals surface area contributed by atoms with E-state index in [-0.39, 0.29) is 29.5 Å². The summed E-state index contributed by atoms with van der Waals surface area (Å²) in [7, 11) is 0. The molecule has 6 heteroatoms. The van der Waals surface area contributed by atoms with Crippen LogP contribution in [0.1, 0.15) is 32.8 Å². The van der Waals surface area contributed by atoms with Crippen LogP contribution in [0.5, 0.6) is 0 Å². The molecule has 0 saturated carbocycles. The standard InChI is InChI=1S/C15H20N2O4/c1-10-14(19)16(13(18)8-15(10,2)3)9-11-6-4-5-7-12(11)17(20)21/h4-7,10,14,19H,8-9H2,1-3H3. The highest BCUT2D eigenvalue weighted by Gasteiger charge is 2.43. The first-order valence-corrected chi connectivity index (χ1v) is 6.94. The lowest BCUT2D eigenvalue weighted by Gasteiger charge is -2.45. The average Bonchev–Trinajstić information content (AvgIpc) is 2.41. The summed E-state index contributed by atoms with van der Waals surface area (Å²) in [5, 5.41) is 21.4. The van der Waals surface area contributed by atoms with Crippen LogP contribution in [0.3, 0.4) is 0 Å². The second-order valence-electron chi connectivity index (χ2n) is 6.28. The van der Waals surface area contributed by atoms with Crippen molar-refractivity contribution in [2.45, 2.75) is 40.0 Å². The van der Waals surface area contributed by atoms with E-state index in [0.717, 1.165) is 0 Å². The molecule has 0 aromatic heterocycles. The van der Waals surface area contributed by atoms with E-state index in [2.05, 4.69) is 0 Å². The number of aliphatic hydroxyl groups is 1. The van der Waals surface area contributed by atoms with Crippen molar-refractivity contribution in [3.05, 3.63) is 39.9 Å². The molecule has 21 heavy (non-hydrogen) atoms. The quantitative estimate of drug-likeness (QED) is 0.684. The van der Waals surface area contributed by atoms with Crippen LogP contribution in [0.2, 0.25) is 0 Å². The molecule has 1 heterocycles. The van der Waals surface area contributed by atoms with E-state index in [0.29, 0.717) is 12.0 Å². The average molecular weight is 292 g/mol. The van der Waals surface area contributed by atoms with Crippen LogP contribution in [0.25, 0.3) is 0 Å². The van der Waals surface area contributed by atoms with Crippen molar-refractivity contribution in [3.8, 4) is 0 Å². The third kappa shape index (κ3) is 2.90. The van der Waals surface area contributed by atoms with E-state index in [1.807, 2.05) is 20.8 Å². The van der Waals surface area contributed by atoms with Crippen LogP contribution in [0.15, 0.2) is 24.3 Å². The number of carbonyl (C=O) groups is 1. The number of nitro groups is 1. The minimum absolute atomic E-state index is 0.0324. The highest BCUT2D eigenvalue weighted by atomic mass is 16.6. The Labute approximate surface area is 123 Å². The van der Waals surface area contributed by atoms with Gasteiger partial charge in [-0.05, 0) is 5.41 Å². The Bertz CT molecular complexity index is 571. The number of benzene rings is 1. The fourth-order valence-electron chi connectivity index (χ4n) is 2.66. The Morgan fingerprint density at radius 2 is 2.05 bits per heavy atom. The molecular weight excluding hydrogens is 272 g/mol. The molecule has 2 rings (SSSR count). The van der Waals surface area contributed by atoms with E-state index >= 15 is 0 Å². The summed E-state index contributed by atoms with van der Waals surface area (Å²) < 4.78 is 0. The molecule has 6 nitrogen and oxygen atoms in total. The number of likely N-dealkylation sites (tertiary alicyclic amines) is 1. The maximum Gasteiger partial charge on any atom is 0.274 e. The molecule has 0 aliphatic carbocycles. The van der Waals surface area contributed by atoms with Gasteiger partial charge in [-0.2, -0.15) is 0 Å². The summed E-state index contributed by atoms with van der Waals surface area (Å²) >= 11 is 0. The van der Waals surface area contributed by atoms with E-state index in [9.17, 15) is 20.0 Å². The smallest absolute Gasteiger partial charge is 0.274 e. The lowest BCUT2D eigenvalue weighted by Crippen LogP contribution is -2.53. The normalized spacial score (nSPS) is 25.0. The van der Waals surface area contributed by atoms with Crippen molar-refractivity contribution in [1.82, 2.24) is 4.90 Å². The van der Waals surface area contributed by atoms with Crippen molar-refractivity contribution in [1.29, 1.82) is 0 Å². The Balaban J connectivity index is 2.28. The zero-order chi connectivity index (χ0) is 15.8. The number of hydrogen-bond donors (Lipinski definition) is 1. The van der Waals surface area contributed by atoms with Gasteiger partial charge in [0, 0.05) is 24.0 Å². The molecule has 1 N–H and O–H groups in total. The Morgan fingerprint density at radius 1 is 1.43 bits per heavy atom. The topological polar surface area (TPSA) is 83.7 Å². The molecule has 1 saturated heterocycles. The molecule has 0 bridgehead atoms. The number of para-hydroxylation sites is 1. The summed E-state index contributed by atoms with van der Waals surface area (Å²) in [4.78, 5) is 24.1. The van der Waals surface area contributed by atoms with Crippen molar-refractivity contribution in [2.24, 2.45) is 11.3 Å². The molecule has 1 aliphatic heterocycles. The van der Waals surface area contributed by atoms with Crippen LogP contribution >= 0.6 is 0 Å².